The van der Waals surface area contributed by atoms with E-state index in [1.54, 1.807) is 0 Å². The van der Waals surface area contributed by atoms with Crippen LogP contribution in [0.2, 0.25) is 0 Å². The molecule has 1 fully saturated rings. The van der Waals surface area contributed by atoms with Gasteiger partial charge in [0.1, 0.15) is 12.1 Å². The quantitative estimate of drug-likeness (QED) is 0.628. The highest BCUT2D eigenvalue weighted by Crippen LogP contribution is 2.20. The average Bonchev–Trinajstić information content (AvgIpc) is 2.83. The van der Waals surface area contributed by atoms with Crippen LogP contribution >= 0.6 is 12.6 Å². The normalized spacial score (nSPS) is 20.4. The number of hydrogen-bond acceptors (Lipinski definition) is 4. The predicted octanol–water partition coefficient (Wildman–Crippen LogP) is 0.133. The van der Waals surface area contributed by atoms with Gasteiger partial charge in [0, 0.05) is 6.54 Å². The number of amides is 2. The van der Waals surface area contributed by atoms with Gasteiger partial charge in [0.25, 0.3) is 0 Å². The highest BCUT2D eigenvalue weighted by Gasteiger charge is 2.38. The molecule has 0 aromatic heterocycles. The maximum absolute atomic E-state index is 12.4. The Morgan fingerprint density at radius 2 is 2.05 bits per heavy atom. The molecule has 1 saturated heterocycles. The number of carbonyl (C=O) groups excluding carboxylic acids is 2. The third-order valence-electron chi connectivity index (χ3n) is 3.21. The molecule has 108 valence electrons. The first kappa shape index (κ1) is 15.8. The van der Waals surface area contributed by atoms with E-state index >= 15 is 0 Å². The van der Waals surface area contributed by atoms with Crippen molar-refractivity contribution in [2.24, 2.45) is 5.92 Å². The Labute approximate surface area is 117 Å². The number of rotatable bonds is 5. The van der Waals surface area contributed by atoms with Crippen LogP contribution in [0, 0.1) is 5.92 Å². The molecule has 0 aromatic rings. The van der Waals surface area contributed by atoms with Crippen LogP contribution < -0.4 is 5.32 Å². The molecule has 1 aliphatic rings. The summed E-state index contributed by atoms with van der Waals surface area (Å²) in [6.07, 6.45) is 1.14. The Morgan fingerprint density at radius 1 is 1.42 bits per heavy atom. The van der Waals surface area contributed by atoms with Crippen molar-refractivity contribution in [3.63, 3.8) is 0 Å². The first-order valence-electron chi connectivity index (χ1n) is 6.32. The maximum Gasteiger partial charge on any atom is 0.326 e. The largest absolute Gasteiger partial charge is 0.480 e. The van der Waals surface area contributed by atoms with E-state index < -0.39 is 18.1 Å². The van der Waals surface area contributed by atoms with Crippen molar-refractivity contribution in [2.45, 2.75) is 38.8 Å². The molecule has 0 spiro atoms. The molecule has 2 atom stereocenters. The Balaban J connectivity index is 2.81. The molecule has 2 N–H and O–H groups in total. The van der Waals surface area contributed by atoms with Crippen molar-refractivity contribution in [3.05, 3.63) is 0 Å². The van der Waals surface area contributed by atoms with Crippen molar-refractivity contribution >= 4 is 30.4 Å². The summed E-state index contributed by atoms with van der Waals surface area (Å²) in [5, 5.41) is 11.7. The summed E-state index contributed by atoms with van der Waals surface area (Å²) in [5.41, 5.74) is 0. The molecule has 0 unspecified atom stereocenters. The van der Waals surface area contributed by atoms with E-state index in [0.717, 1.165) is 0 Å². The van der Waals surface area contributed by atoms with Gasteiger partial charge >= 0.3 is 5.97 Å². The van der Waals surface area contributed by atoms with Crippen LogP contribution in [0.5, 0.6) is 0 Å². The first-order chi connectivity index (χ1) is 8.88. The van der Waals surface area contributed by atoms with Crippen LogP contribution in [-0.4, -0.2) is 52.2 Å². The van der Waals surface area contributed by atoms with E-state index in [0.29, 0.717) is 19.4 Å². The monoisotopic (exact) mass is 288 g/mol. The van der Waals surface area contributed by atoms with Gasteiger partial charge in [0.15, 0.2) is 0 Å². The molecule has 7 heteroatoms. The molecule has 1 rings (SSSR count). The van der Waals surface area contributed by atoms with Crippen LogP contribution in [-0.2, 0) is 14.4 Å². The Bertz CT molecular complexity index is 373. The standard InChI is InChI=1S/C12H20N2O4S/c1-7(2)10(13-9(15)6-19)11(16)14-5-3-4-8(14)12(17)18/h7-8,10,19H,3-6H2,1-2H3,(H,13,15)(H,17,18)/t8-,10-/m0/s1. The molecule has 0 radical (unpaired) electrons. The van der Waals surface area contributed by atoms with Crippen LogP contribution in [0.15, 0.2) is 0 Å². The summed E-state index contributed by atoms with van der Waals surface area (Å²) in [5.74, 6) is -1.75. The molecule has 0 aliphatic carbocycles. The van der Waals surface area contributed by atoms with Crippen molar-refractivity contribution in [3.8, 4) is 0 Å². The lowest BCUT2D eigenvalue weighted by Crippen LogP contribution is -2.54. The maximum atomic E-state index is 12.4. The number of likely N-dealkylation sites (tertiary alicyclic amines) is 1. The Morgan fingerprint density at radius 3 is 2.53 bits per heavy atom. The second-order valence-electron chi connectivity index (χ2n) is 4.98. The summed E-state index contributed by atoms with van der Waals surface area (Å²) in [6.45, 7) is 4.05. The molecule has 0 bridgehead atoms. The van der Waals surface area contributed by atoms with Gasteiger partial charge in [-0.2, -0.15) is 12.6 Å². The fourth-order valence-corrected chi connectivity index (χ4v) is 2.29. The summed E-state index contributed by atoms with van der Waals surface area (Å²) in [7, 11) is 0. The van der Waals surface area contributed by atoms with Crippen molar-refractivity contribution in [1.82, 2.24) is 10.2 Å². The minimum atomic E-state index is -0.992. The number of carboxylic acids is 1. The van der Waals surface area contributed by atoms with Crippen LogP contribution in [0.4, 0.5) is 0 Å². The average molecular weight is 288 g/mol. The summed E-state index contributed by atoms with van der Waals surface area (Å²) in [6, 6.07) is -1.47. The molecule has 2 amide bonds. The number of hydrogen-bond donors (Lipinski definition) is 3. The third kappa shape index (κ3) is 3.86. The van der Waals surface area contributed by atoms with Gasteiger partial charge in [-0.15, -0.1) is 0 Å². The molecule has 0 saturated carbocycles. The number of thiol groups is 1. The topological polar surface area (TPSA) is 86.7 Å². The number of nitrogens with zero attached hydrogens (tertiary/aromatic N) is 1. The number of carbonyl (C=O) groups is 3. The van der Waals surface area contributed by atoms with Crippen molar-refractivity contribution in [2.75, 3.05) is 12.3 Å². The smallest absolute Gasteiger partial charge is 0.326 e. The number of aliphatic carboxylic acids is 1. The minimum absolute atomic E-state index is 0.00113. The summed E-state index contributed by atoms with van der Waals surface area (Å²) >= 11 is 3.86. The molecule has 19 heavy (non-hydrogen) atoms. The number of carboxylic acid groups (broad SMARTS) is 1. The SMILES string of the molecule is CC(C)[C@H](NC(=O)CS)C(=O)N1CCC[C@H]1C(=O)O. The lowest BCUT2D eigenvalue weighted by atomic mass is 10.0. The van der Waals surface area contributed by atoms with Gasteiger partial charge in [-0.3, -0.25) is 9.59 Å². The van der Waals surface area contributed by atoms with Crippen LogP contribution in [0.25, 0.3) is 0 Å². The second kappa shape index (κ2) is 6.79. The van der Waals surface area contributed by atoms with Gasteiger partial charge < -0.3 is 15.3 Å². The molecular weight excluding hydrogens is 268 g/mol. The summed E-state index contributed by atoms with van der Waals surface area (Å²) in [4.78, 5) is 36.2. The van der Waals surface area contributed by atoms with E-state index in [1.165, 1.54) is 4.90 Å². The third-order valence-corrected chi connectivity index (χ3v) is 3.50. The lowest BCUT2D eigenvalue weighted by Gasteiger charge is -2.29. The molecule has 6 nitrogen and oxygen atoms in total. The van der Waals surface area contributed by atoms with Crippen LogP contribution in [0.3, 0.4) is 0 Å². The summed E-state index contributed by atoms with van der Waals surface area (Å²) < 4.78 is 0. The zero-order valence-corrected chi connectivity index (χ0v) is 12.0. The van der Waals surface area contributed by atoms with E-state index in [2.05, 4.69) is 17.9 Å². The van der Waals surface area contributed by atoms with Gasteiger partial charge in [0.2, 0.25) is 11.8 Å². The molecule has 1 aliphatic heterocycles. The van der Waals surface area contributed by atoms with E-state index in [9.17, 15) is 14.4 Å². The fraction of sp³-hybridized carbons (Fsp3) is 0.750. The predicted molar refractivity (Wildman–Crippen MR) is 73.0 cm³/mol. The Kier molecular flexibility index (Phi) is 5.65. The molecular formula is C12H20N2O4S. The second-order valence-corrected chi connectivity index (χ2v) is 5.29. The minimum Gasteiger partial charge on any atom is -0.480 e. The Hall–Kier alpha value is -1.24. The zero-order chi connectivity index (χ0) is 14.6. The zero-order valence-electron chi connectivity index (χ0n) is 11.1. The van der Waals surface area contributed by atoms with Gasteiger partial charge in [0.05, 0.1) is 5.75 Å². The fourth-order valence-electron chi connectivity index (χ4n) is 2.20. The van der Waals surface area contributed by atoms with Crippen molar-refractivity contribution < 1.29 is 19.5 Å². The van der Waals surface area contributed by atoms with Crippen LogP contribution in [0.1, 0.15) is 26.7 Å². The van der Waals surface area contributed by atoms with Gasteiger partial charge in [-0.05, 0) is 18.8 Å². The first-order valence-corrected chi connectivity index (χ1v) is 6.95. The molecule has 1 heterocycles. The highest BCUT2D eigenvalue weighted by atomic mass is 32.1. The highest BCUT2D eigenvalue weighted by molar-refractivity contribution is 7.81. The van der Waals surface area contributed by atoms with Crippen molar-refractivity contribution in [1.29, 1.82) is 0 Å². The number of nitrogens with one attached hydrogen (secondary N) is 1. The molecule has 0 aromatic carbocycles. The van der Waals surface area contributed by atoms with E-state index in [-0.39, 0.29) is 23.5 Å². The van der Waals surface area contributed by atoms with Gasteiger partial charge in [-0.1, -0.05) is 13.8 Å². The van der Waals surface area contributed by atoms with E-state index in [1.807, 2.05) is 13.8 Å². The van der Waals surface area contributed by atoms with E-state index in [4.69, 9.17) is 5.11 Å². The lowest BCUT2D eigenvalue weighted by molar-refractivity contribution is -0.149. The van der Waals surface area contributed by atoms with Gasteiger partial charge in [-0.25, -0.2) is 4.79 Å².